The van der Waals surface area contributed by atoms with Crippen LogP contribution in [0.25, 0.3) is 11.0 Å². The van der Waals surface area contributed by atoms with Gasteiger partial charge in [-0.3, -0.25) is 9.69 Å². The molecular formula is C15H16NNaO4. The predicted octanol–water partition coefficient (Wildman–Crippen LogP) is -1.65. The van der Waals surface area contributed by atoms with Gasteiger partial charge >= 0.3 is 29.6 Å². The van der Waals surface area contributed by atoms with Crippen molar-refractivity contribution >= 4 is 11.0 Å². The molecule has 3 rings (SSSR count). The Morgan fingerprint density at radius 2 is 2.00 bits per heavy atom. The molecule has 0 N–H and O–H groups in total. The molecule has 0 bridgehead atoms. The van der Waals surface area contributed by atoms with Crippen molar-refractivity contribution in [3.63, 3.8) is 0 Å². The minimum atomic E-state index is -0.628. The Balaban J connectivity index is 0.00000161. The second-order valence-electron chi connectivity index (χ2n) is 4.98. The van der Waals surface area contributed by atoms with E-state index in [2.05, 4.69) is 4.90 Å². The molecular weight excluding hydrogens is 281 g/mol. The van der Waals surface area contributed by atoms with E-state index in [0.717, 1.165) is 25.7 Å². The molecule has 0 aliphatic carbocycles. The largest absolute Gasteiger partial charge is 1.00 e. The molecule has 0 atom stereocenters. The quantitative estimate of drug-likeness (QED) is 0.632. The number of nitrogens with zero attached hydrogens (tertiary/aromatic N) is 1. The molecule has 21 heavy (non-hydrogen) atoms. The molecule has 6 heteroatoms. The number of fused-ring (bicyclic) bond motifs is 1. The van der Waals surface area contributed by atoms with E-state index in [9.17, 15) is 9.90 Å². The number of hydrogen-bond donors (Lipinski definition) is 0. The topological polar surface area (TPSA) is 65.7 Å². The van der Waals surface area contributed by atoms with Crippen molar-refractivity contribution in [3.8, 4) is 11.7 Å². The summed E-state index contributed by atoms with van der Waals surface area (Å²) in [5.74, 6) is -0.0119. The van der Waals surface area contributed by atoms with Crippen LogP contribution in [0.1, 0.15) is 12.8 Å². The third kappa shape index (κ3) is 4.01. The van der Waals surface area contributed by atoms with Crippen LogP contribution < -0.4 is 44.8 Å². The molecule has 1 saturated heterocycles. The Morgan fingerprint density at radius 3 is 2.76 bits per heavy atom. The standard InChI is InChI=1S/C15H17NO4.Na/c17-13-10-15(18)20-14-9-11(3-4-12(13)14)19-8-7-16-5-1-2-6-16;/h3-4,9-10,18H,1-2,5-8H2;/q;+1/p-1. The van der Waals surface area contributed by atoms with E-state index in [0.29, 0.717) is 17.7 Å². The summed E-state index contributed by atoms with van der Waals surface area (Å²) in [6, 6.07) is 5.91. The van der Waals surface area contributed by atoms with Crippen LogP contribution in [0.15, 0.2) is 33.5 Å². The van der Waals surface area contributed by atoms with E-state index in [1.165, 1.54) is 12.8 Å². The van der Waals surface area contributed by atoms with Crippen molar-refractivity contribution in [2.75, 3.05) is 26.2 Å². The van der Waals surface area contributed by atoms with Crippen LogP contribution in [0.4, 0.5) is 0 Å². The first kappa shape index (κ1) is 16.4. The fourth-order valence-corrected chi connectivity index (χ4v) is 2.50. The molecule has 0 amide bonds. The van der Waals surface area contributed by atoms with Crippen LogP contribution in [0.5, 0.6) is 11.7 Å². The summed E-state index contributed by atoms with van der Waals surface area (Å²) in [5, 5.41) is 11.6. The van der Waals surface area contributed by atoms with E-state index in [1.807, 2.05) is 0 Å². The van der Waals surface area contributed by atoms with Gasteiger partial charge in [0.15, 0.2) is 5.43 Å². The van der Waals surface area contributed by atoms with Gasteiger partial charge in [0.1, 0.15) is 12.4 Å². The van der Waals surface area contributed by atoms with Gasteiger partial charge in [0.05, 0.1) is 5.95 Å². The van der Waals surface area contributed by atoms with E-state index < -0.39 is 5.95 Å². The minimum absolute atomic E-state index is 0. The van der Waals surface area contributed by atoms with Crippen LogP contribution in [0.3, 0.4) is 0 Å². The van der Waals surface area contributed by atoms with Crippen LogP contribution in [0, 0.1) is 0 Å². The Labute approximate surface area is 144 Å². The second-order valence-corrected chi connectivity index (χ2v) is 4.98. The van der Waals surface area contributed by atoms with Gasteiger partial charge in [-0.1, -0.05) is 0 Å². The Bertz CT molecular complexity index is 664. The van der Waals surface area contributed by atoms with Gasteiger partial charge in [0.2, 0.25) is 0 Å². The third-order valence-electron chi connectivity index (χ3n) is 3.55. The van der Waals surface area contributed by atoms with Crippen LogP contribution in [-0.4, -0.2) is 31.1 Å². The van der Waals surface area contributed by atoms with E-state index in [-0.39, 0.29) is 40.6 Å². The van der Waals surface area contributed by atoms with E-state index >= 15 is 0 Å². The Kier molecular flexibility index (Phi) is 5.70. The molecule has 1 fully saturated rings. The van der Waals surface area contributed by atoms with E-state index in [4.69, 9.17) is 9.15 Å². The smallest absolute Gasteiger partial charge is 0.578 e. The molecule has 1 aliphatic heterocycles. The number of benzene rings is 1. The second kappa shape index (κ2) is 7.31. The molecule has 0 radical (unpaired) electrons. The summed E-state index contributed by atoms with van der Waals surface area (Å²) in [6.07, 6.45) is 2.51. The molecule has 2 heterocycles. The van der Waals surface area contributed by atoms with Gasteiger partial charge in [0.25, 0.3) is 0 Å². The first-order valence-electron chi connectivity index (χ1n) is 6.82. The maximum absolute atomic E-state index is 11.6. The fourth-order valence-electron chi connectivity index (χ4n) is 2.50. The number of ether oxygens (including phenoxy) is 1. The average molecular weight is 297 g/mol. The third-order valence-corrected chi connectivity index (χ3v) is 3.55. The maximum atomic E-state index is 11.6. The summed E-state index contributed by atoms with van der Waals surface area (Å²) >= 11 is 0. The summed E-state index contributed by atoms with van der Waals surface area (Å²) in [5.41, 5.74) is -0.0407. The Hall–Kier alpha value is -1.01. The summed E-state index contributed by atoms with van der Waals surface area (Å²) in [7, 11) is 0. The molecule has 0 saturated carbocycles. The van der Waals surface area contributed by atoms with Gasteiger partial charge in [-0.2, -0.15) is 0 Å². The zero-order valence-corrected chi connectivity index (χ0v) is 14.1. The molecule has 2 aromatic rings. The van der Waals surface area contributed by atoms with Crippen molar-refractivity contribution in [1.82, 2.24) is 4.90 Å². The molecule has 1 aliphatic rings. The SMILES string of the molecule is O=c1cc([O-])oc2cc(OCCN3CCCC3)ccc12.[Na+]. The maximum Gasteiger partial charge on any atom is 1.00 e. The predicted molar refractivity (Wildman–Crippen MR) is 73.1 cm³/mol. The van der Waals surface area contributed by atoms with Gasteiger partial charge in [-0.05, 0) is 44.1 Å². The molecule has 1 aromatic carbocycles. The zero-order chi connectivity index (χ0) is 13.9. The number of likely N-dealkylation sites (tertiary alicyclic amines) is 1. The number of rotatable bonds is 4. The fraction of sp³-hybridized carbons (Fsp3) is 0.400. The summed E-state index contributed by atoms with van der Waals surface area (Å²) in [6.45, 7) is 3.75. The van der Waals surface area contributed by atoms with Gasteiger partial charge in [0, 0.05) is 23.6 Å². The van der Waals surface area contributed by atoms with Crippen LogP contribution in [0.2, 0.25) is 0 Å². The van der Waals surface area contributed by atoms with Gasteiger partial charge < -0.3 is 14.3 Å². The normalized spacial score (nSPS) is 15.0. The molecule has 1 aromatic heterocycles. The molecule has 106 valence electrons. The minimum Gasteiger partial charge on any atom is -0.578 e. The number of hydrogen-bond acceptors (Lipinski definition) is 5. The summed E-state index contributed by atoms with van der Waals surface area (Å²) in [4.78, 5) is 13.9. The molecule has 0 spiro atoms. The van der Waals surface area contributed by atoms with E-state index in [1.54, 1.807) is 18.2 Å². The van der Waals surface area contributed by atoms with Crippen molar-refractivity contribution in [3.05, 3.63) is 34.5 Å². The molecule has 0 unspecified atom stereocenters. The van der Waals surface area contributed by atoms with Gasteiger partial charge in [-0.25, -0.2) is 0 Å². The van der Waals surface area contributed by atoms with Crippen molar-refractivity contribution in [2.45, 2.75) is 12.8 Å². The van der Waals surface area contributed by atoms with Crippen LogP contribution in [-0.2, 0) is 0 Å². The first-order valence-corrected chi connectivity index (χ1v) is 6.82. The van der Waals surface area contributed by atoms with Crippen molar-refractivity contribution in [1.29, 1.82) is 0 Å². The average Bonchev–Trinajstić information content (AvgIpc) is 2.91. The molecule has 5 nitrogen and oxygen atoms in total. The van der Waals surface area contributed by atoms with Gasteiger partial charge in [-0.15, -0.1) is 0 Å². The van der Waals surface area contributed by atoms with Crippen molar-refractivity contribution < 1.29 is 43.8 Å². The monoisotopic (exact) mass is 297 g/mol. The Morgan fingerprint density at radius 1 is 1.24 bits per heavy atom. The summed E-state index contributed by atoms with van der Waals surface area (Å²) < 4.78 is 10.7. The van der Waals surface area contributed by atoms with Crippen molar-refractivity contribution in [2.24, 2.45) is 0 Å². The van der Waals surface area contributed by atoms with Crippen LogP contribution >= 0.6 is 0 Å². The zero-order valence-electron chi connectivity index (χ0n) is 12.1. The first-order chi connectivity index (χ1) is 9.72.